The van der Waals surface area contributed by atoms with Gasteiger partial charge in [-0.15, -0.1) is 0 Å². The van der Waals surface area contributed by atoms with E-state index in [1.807, 2.05) is 24.3 Å². The first kappa shape index (κ1) is 59.8. The molecule has 0 bridgehead atoms. The van der Waals surface area contributed by atoms with E-state index in [0.717, 1.165) is 96.3 Å². The molecule has 0 aliphatic rings. The molecule has 0 aromatic rings. The van der Waals surface area contributed by atoms with Crippen molar-refractivity contribution in [1.29, 1.82) is 0 Å². The number of allylic oxidation sites excluding steroid dienone is 16. The Bertz CT molecular complexity index is 1260. The molecular formula is C57H97NO5. The molecule has 3 N–H and O–H groups in total. The molecule has 6 nitrogen and oxygen atoms in total. The summed E-state index contributed by atoms with van der Waals surface area (Å²) in [4.78, 5) is 26.2. The number of unbranched alkanes of at least 4 members (excludes halogenated alkanes) is 23. The highest BCUT2D eigenvalue weighted by Gasteiger charge is 2.24. The zero-order chi connectivity index (χ0) is 45.9. The molecule has 0 aromatic carbocycles. The van der Waals surface area contributed by atoms with Crippen molar-refractivity contribution in [3.63, 3.8) is 0 Å². The maximum Gasteiger partial charge on any atom is 0.306 e. The number of nitrogens with one attached hydrogen (secondary N) is 1. The van der Waals surface area contributed by atoms with Crippen molar-refractivity contribution >= 4 is 11.9 Å². The Morgan fingerprint density at radius 2 is 0.857 bits per heavy atom. The van der Waals surface area contributed by atoms with Gasteiger partial charge in [0.15, 0.2) is 0 Å². The Labute approximate surface area is 388 Å². The first-order valence-electron chi connectivity index (χ1n) is 26.1. The standard InChI is InChI=1S/C57H97NO5/c1-4-7-10-13-16-19-22-25-27-29-31-33-36-39-42-45-48-53(63-57(62)50-47-44-41-38-35-32-28-26-23-20-17-14-11-8-5-2)51-56(61)58-54(52-59)55(60)49-46-43-40-37-34-30-24-21-18-15-12-9-6-3/h8,11,14,16-17,19-20,22-23,25-29,31,33,53-55,59-60H,4-7,9-10,12-13,15,18,21,24,30,32,34-52H2,1-3H3,(H,58,61)/b11-8+,17-14+,19-16+,23-20+,25-22+,28-26-,29-27+,33-31+. The summed E-state index contributed by atoms with van der Waals surface area (Å²) in [6, 6.07) is -0.725. The van der Waals surface area contributed by atoms with Gasteiger partial charge in [0, 0.05) is 6.42 Å². The quantitative estimate of drug-likeness (QED) is 0.0322. The van der Waals surface area contributed by atoms with E-state index in [0.29, 0.717) is 19.3 Å². The molecule has 0 aliphatic carbocycles. The second kappa shape index (κ2) is 49.8. The maximum atomic E-state index is 13.2. The van der Waals surface area contributed by atoms with E-state index in [4.69, 9.17) is 4.74 Å². The molecule has 0 fully saturated rings. The first-order valence-corrected chi connectivity index (χ1v) is 26.1. The van der Waals surface area contributed by atoms with Crippen LogP contribution < -0.4 is 5.32 Å². The third-order valence-electron chi connectivity index (χ3n) is 11.3. The van der Waals surface area contributed by atoms with Crippen LogP contribution >= 0.6 is 0 Å². The van der Waals surface area contributed by atoms with Gasteiger partial charge < -0.3 is 20.3 Å². The smallest absolute Gasteiger partial charge is 0.306 e. The van der Waals surface area contributed by atoms with Gasteiger partial charge in [0.2, 0.25) is 5.91 Å². The molecular weight excluding hydrogens is 779 g/mol. The minimum atomic E-state index is -0.808. The van der Waals surface area contributed by atoms with Crippen LogP contribution in [0.5, 0.6) is 0 Å². The molecule has 1 amide bonds. The summed E-state index contributed by atoms with van der Waals surface area (Å²) in [5, 5.41) is 23.8. The molecule has 63 heavy (non-hydrogen) atoms. The summed E-state index contributed by atoms with van der Waals surface area (Å²) >= 11 is 0. The van der Waals surface area contributed by atoms with Crippen molar-refractivity contribution in [2.24, 2.45) is 0 Å². The zero-order valence-electron chi connectivity index (χ0n) is 40.9. The summed E-state index contributed by atoms with van der Waals surface area (Å²) in [5.41, 5.74) is 0. The number of rotatable bonds is 45. The Morgan fingerprint density at radius 3 is 1.35 bits per heavy atom. The Hall–Kier alpha value is -3.22. The van der Waals surface area contributed by atoms with Gasteiger partial charge in [-0.2, -0.15) is 0 Å². The van der Waals surface area contributed by atoms with Crippen LogP contribution in [0.25, 0.3) is 0 Å². The molecule has 0 saturated heterocycles. The summed E-state index contributed by atoms with van der Waals surface area (Å²) in [7, 11) is 0. The highest BCUT2D eigenvalue weighted by molar-refractivity contribution is 5.77. The van der Waals surface area contributed by atoms with Crippen LogP contribution in [0, 0.1) is 0 Å². The average Bonchev–Trinajstić information content (AvgIpc) is 3.28. The number of hydrogen-bond donors (Lipinski definition) is 3. The minimum Gasteiger partial charge on any atom is -0.462 e. The molecule has 0 heterocycles. The van der Waals surface area contributed by atoms with Crippen molar-refractivity contribution in [3.8, 4) is 0 Å². The molecule has 0 spiro atoms. The predicted molar refractivity (Wildman–Crippen MR) is 273 cm³/mol. The van der Waals surface area contributed by atoms with E-state index in [-0.39, 0.29) is 24.9 Å². The van der Waals surface area contributed by atoms with Crippen LogP contribution in [0.2, 0.25) is 0 Å². The van der Waals surface area contributed by atoms with Gasteiger partial charge in [0.05, 0.1) is 25.2 Å². The van der Waals surface area contributed by atoms with Crippen LogP contribution in [0.15, 0.2) is 97.2 Å². The lowest BCUT2D eigenvalue weighted by Gasteiger charge is -2.24. The summed E-state index contributed by atoms with van der Waals surface area (Å²) in [6.45, 7) is 6.28. The van der Waals surface area contributed by atoms with Gasteiger partial charge in [0.1, 0.15) is 6.10 Å². The molecule has 0 radical (unpaired) electrons. The molecule has 6 heteroatoms. The number of carbonyl (C=O) groups excluding carboxylic acids is 2. The summed E-state index contributed by atoms with van der Waals surface area (Å²) in [6.07, 6.45) is 66.0. The van der Waals surface area contributed by atoms with Crippen LogP contribution in [0.1, 0.15) is 226 Å². The van der Waals surface area contributed by atoms with E-state index in [1.165, 1.54) is 83.5 Å². The third kappa shape index (κ3) is 45.2. The lowest BCUT2D eigenvalue weighted by molar-refractivity contribution is -0.151. The number of amides is 1. The Balaban J connectivity index is 4.74. The fourth-order valence-electron chi connectivity index (χ4n) is 7.39. The lowest BCUT2D eigenvalue weighted by Crippen LogP contribution is -2.46. The molecule has 0 aliphatic heterocycles. The molecule has 0 saturated carbocycles. The van der Waals surface area contributed by atoms with Crippen LogP contribution in [-0.4, -0.2) is 46.9 Å². The van der Waals surface area contributed by atoms with Crippen molar-refractivity contribution in [2.45, 2.75) is 244 Å². The largest absolute Gasteiger partial charge is 0.462 e. The molecule has 0 aromatic heterocycles. The molecule has 360 valence electrons. The fourth-order valence-corrected chi connectivity index (χ4v) is 7.39. The SMILES string of the molecule is CC/C=C/C=C/C=C/C=C\CCCCCCCC(=O)OC(CCCCC/C=C/C=C/C=C/C=C/CCCCC)CC(=O)NC(CO)C(O)CCCCCCCCCCCCCCC. The maximum absolute atomic E-state index is 13.2. The van der Waals surface area contributed by atoms with Gasteiger partial charge in [-0.3, -0.25) is 9.59 Å². The minimum absolute atomic E-state index is 0.0365. The second-order valence-electron chi connectivity index (χ2n) is 17.4. The highest BCUT2D eigenvalue weighted by atomic mass is 16.5. The average molecular weight is 876 g/mol. The zero-order valence-corrected chi connectivity index (χ0v) is 40.9. The number of carbonyl (C=O) groups is 2. The van der Waals surface area contributed by atoms with E-state index < -0.39 is 18.2 Å². The van der Waals surface area contributed by atoms with E-state index in [1.54, 1.807) is 0 Å². The van der Waals surface area contributed by atoms with Crippen molar-refractivity contribution in [3.05, 3.63) is 97.2 Å². The number of esters is 1. The topological polar surface area (TPSA) is 95.9 Å². The van der Waals surface area contributed by atoms with Gasteiger partial charge in [0.25, 0.3) is 0 Å². The van der Waals surface area contributed by atoms with E-state index >= 15 is 0 Å². The molecule has 0 rings (SSSR count). The van der Waals surface area contributed by atoms with Crippen molar-refractivity contribution in [2.75, 3.05) is 6.61 Å². The monoisotopic (exact) mass is 876 g/mol. The number of aliphatic hydroxyl groups excluding tert-OH is 2. The Morgan fingerprint density at radius 1 is 0.476 bits per heavy atom. The number of ether oxygens (including phenoxy) is 1. The second-order valence-corrected chi connectivity index (χ2v) is 17.4. The summed E-state index contributed by atoms with van der Waals surface area (Å²) < 4.78 is 5.91. The van der Waals surface area contributed by atoms with Crippen LogP contribution in [0.3, 0.4) is 0 Å². The van der Waals surface area contributed by atoms with E-state index in [2.05, 4.69) is 99.0 Å². The van der Waals surface area contributed by atoms with Gasteiger partial charge in [-0.1, -0.05) is 240 Å². The first-order chi connectivity index (χ1) is 31.0. The fraction of sp³-hybridized carbons (Fsp3) is 0.684. The van der Waals surface area contributed by atoms with Gasteiger partial charge in [-0.05, 0) is 70.6 Å². The normalized spacial score (nSPS) is 14.0. The number of aliphatic hydroxyl groups is 2. The number of hydrogen-bond acceptors (Lipinski definition) is 5. The lowest BCUT2D eigenvalue weighted by atomic mass is 10.0. The summed E-state index contributed by atoms with van der Waals surface area (Å²) in [5.74, 6) is -0.546. The van der Waals surface area contributed by atoms with Crippen molar-refractivity contribution in [1.82, 2.24) is 5.32 Å². The Kier molecular flexibility index (Phi) is 47.2. The van der Waals surface area contributed by atoms with Gasteiger partial charge >= 0.3 is 5.97 Å². The molecule has 3 unspecified atom stereocenters. The van der Waals surface area contributed by atoms with Crippen molar-refractivity contribution < 1.29 is 24.5 Å². The van der Waals surface area contributed by atoms with Crippen LogP contribution in [-0.2, 0) is 14.3 Å². The van der Waals surface area contributed by atoms with Gasteiger partial charge in [-0.25, -0.2) is 0 Å². The highest BCUT2D eigenvalue weighted by Crippen LogP contribution is 2.17. The molecule has 3 atom stereocenters. The predicted octanol–water partition coefficient (Wildman–Crippen LogP) is 15.7. The van der Waals surface area contributed by atoms with Crippen LogP contribution in [0.4, 0.5) is 0 Å². The third-order valence-corrected chi connectivity index (χ3v) is 11.3. The van der Waals surface area contributed by atoms with E-state index in [9.17, 15) is 19.8 Å².